The zero-order valence-electron chi connectivity index (χ0n) is 19.4. The maximum Gasteiger partial charge on any atom is 0.254 e. The van der Waals surface area contributed by atoms with E-state index in [0.29, 0.717) is 41.0 Å². The molecule has 1 atom stereocenters. The highest BCUT2D eigenvalue weighted by atomic mass is 19.1. The van der Waals surface area contributed by atoms with Crippen molar-refractivity contribution >= 4 is 16.7 Å². The minimum atomic E-state index is -1.95. The predicted octanol–water partition coefficient (Wildman–Crippen LogP) is 4.28. The minimum absolute atomic E-state index is 0.237. The summed E-state index contributed by atoms with van der Waals surface area (Å²) in [6.45, 7) is 10.8. The molecule has 6 heteroatoms. The highest BCUT2D eigenvalue weighted by Crippen LogP contribution is 2.42. The second kappa shape index (κ2) is 7.19. The summed E-state index contributed by atoms with van der Waals surface area (Å²) in [7, 11) is 0. The summed E-state index contributed by atoms with van der Waals surface area (Å²) in [6, 6.07) is 3.19. The molecule has 33 heavy (non-hydrogen) atoms. The van der Waals surface area contributed by atoms with Gasteiger partial charge in [0.05, 0.1) is 23.4 Å². The lowest BCUT2D eigenvalue weighted by Gasteiger charge is -2.29. The molecular weight excluding hydrogens is 419 g/mol. The first-order valence-corrected chi connectivity index (χ1v) is 11.4. The second-order valence-corrected chi connectivity index (χ2v) is 9.34. The van der Waals surface area contributed by atoms with E-state index in [4.69, 9.17) is 4.98 Å². The van der Waals surface area contributed by atoms with Gasteiger partial charge in [0, 0.05) is 28.1 Å². The van der Waals surface area contributed by atoms with Crippen LogP contribution in [0.4, 0.5) is 4.39 Å². The molecule has 0 radical (unpaired) electrons. The fourth-order valence-electron chi connectivity index (χ4n) is 5.69. The standard InChI is InChI=1S/C27H27FN2O3/c1-6-16-20(27(33,13(2)3)15(5)31)10-23-25-19(12-30(23)26(16)32)18-9-7-8-17-14(4)21(28)11-22(29-25)24(17)18/h10-11,33H,2,6-9,12H2,1,3-5H3/t27-/m1/s1. The number of aryl methyl sites for hydroxylation is 2. The van der Waals surface area contributed by atoms with Gasteiger partial charge in [-0.15, -0.1) is 0 Å². The van der Waals surface area contributed by atoms with Gasteiger partial charge in [-0.2, -0.15) is 0 Å². The molecule has 170 valence electrons. The van der Waals surface area contributed by atoms with Gasteiger partial charge in [0.2, 0.25) is 0 Å². The number of benzene rings is 1. The Morgan fingerprint density at radius 1 is 1.24 bits per heavy atom. The van der Waals surface area contributed by atoms with E-state index in [1.54, 1.807) is 17.6 Å². The van der Waals surface area contributed by atoms with Crippen LogP contribution in [0.3, 0.4) is 0 Å². The Labute approximate surface area is 191 Å². The van der Waals surface area contributed by atoms with E-state index in [1.807, 2.05) is 13.8 Å². The smallest absolute Gasteiger partial charge is 0.254 e. The summed E-state index contributed by atoms with van der Waals surface area (Å²) < 4.78 is 16.4. The number of fused-ring (bicyclic) bond motifs is 4. The number of hydrogen-bond donors (Lipinski definition) is 1. The molecule has 2 aromatic heterocycles. The highest BCUT2D eigenvalue weighted by molar-refractivity contribution is 5.93. The molecular formula is C27H27FN2O3. The van der Waals surface area contributed by atoms with Crippen LogP contribution in [-0.2, 0) is 36.2 Å². The lowest BCUT2D eigenvalue weighted by atomic mass is 9.81. The zero-order valence-corrected chi connectivity index (χ0v) is 19.4. The van der Waals surface area contributed by atoms with Crippen LogP contribution in [-0.4, -0.2) is 20.4 Å². The van der Waals surface area contributed by atoms with Crippen LogP contribution in [0.1, 0.15) is 60.6 Å². The fourth-order valence-corrected chi connectivity index (χ4v) is 5.69. The number of aromatic nitrogens is 2. The molecule has 0 saturated carbocycles. The number of nitrogens with zero attached hydrogens (tertiary/aromatic N) is 2. The van der Waals surface area contributed by atoms with Gasteiger partial charge >= 0.3 is 0 Å². The lowest BCUT2D eigenvalue weighted by Crippen LogP contribution is -2.39. The molecule has 0 bridgehead atoms. The van der Waals surface area contributed by atoms with Crippen LogP contribution in [0.5, 0.6) is 0 Å². The van der Waals surface area contributed by atoms with Crippen molar-refractivity contribution in [3.05, 3.63) is 73.8 Å². The average molecular weight is 447 g/mol. The van der Waals surface area contributed by atoms with Crippen molar-refractivity contribution in [1.29, 1.82) is 0 Å². The first-order chi connectivity index (χ1) is 15.6. The molecule has 1 aliphatic heterocycles. The Balaban J connectivity index is 1.87. The largest absolute Gasteiger partial charge is 0.373 e. The molecule has 1 aliphatic carbocycles. The first-order valence-electron chi connectivity index (χ1n) is 11.4. The van der Waals surface area contributed by atoms with Gasteiger partial charge in [-0.25, -0.2) is 9.37 Å². The topological polar surface area (TPSA) is 72.2 Å². The van der Waals surface area contributed by atoms with E-state index in [-0.39, 0.29) is 22.5 Å². The van der Waals surface area contributed by atoms with E-state index in [2.05, 4.69) is 6.58 Å². The Hall–Kier alpha value is -3.12. The van der Waals surface area contributed by atoms with Crippen LogP contribution in [0.15, 0.2) is 29.1 Å². The number of halogens is 1. The molecule has 1 N–H and O–H groups in total. The van der Waals surface area contributed by atoms with Crippen molar-refractivity contribution in [3.8, 4) is 11.4 Å². The Kier molecular flexibility index (Phi) is 4.73. The number of carbonyl (C=O) groups is 1. The van der Waals surface area contributed by atoms with Crippen LogP contribution < -0.4 is 5.56 Å². The molecule has 0 fully saturated rings. The third-order valence-corrected chi connectivity index (χ3v) is 7.50. The monoisotopic (exact) mass is 446 g/mol. The molecule has 2 aliphatic rings. The molecule has 0 unspecified atom stereocenters. The van der Waals surface area contributed by atoms with Crippen molar-refractivity contribution in [2.24, 2.45) is 0 Å². The van der Waals surface area contributed by atoms with Crippen molar-refractivity contribution in [1.82, 2.24) is 9.55 Å². The summed E-state index contributed by atoms with van der Waals surface area (Å²) in [5.41, 5.74) is 4.28. The van der Waals surface area contributed by atoms with E-state index in [9.17, 15) is 19.1 Å². The van der Waals surface area contributed by atoms with E-state index in [0.717, 1.165) is 41.3 Å². The summed E-state index contributed by atoms with van der Waals surface area (Å²) in [5, 5.41) is 12.4. The van der Waals surface area contributed by atoms with E-state index >= 15 is 0 Å². The molecule has 0 spiro atoms. The highest BCUT2D eigenvalue weighted by Gasteiger charge is 2.40. The van der Waals surface area contributed by atoms with Gasteiger partial charge in [-0.05, 0) is 74.8 Å². The van der Waals surface area contributed by atoms with Crippen molar-refractivity contribution in [2.45, 2.75) is 65.5 Å². The van der Waals surface area contributed by atoms with Gasteiger partial charge in [0.25, 0.3) is 5.56 Å². The number of hydrogen-bond acceptors (Lipinski definition) is 4. The molecule has 3 heterocycles. The van der Waals surface area contributed by atoms with Gasteiger partial charge in [-0.3, -0.25) is 9.59 Å². The molecule has 0 saturated heterocycles. The number of carbonyl (C=O) groups excluding carboxylic acids is 1. The third-order valence-electron chi connectivity index (χ3n) is 7.50. The summed E-state index contributed by atoms with van der Waals surface area (Å²) in [5.74, 6) is -0.764. The van der Waals surface area contributed by atoms with Gasteiger partial charge in [0.1, 0.15) is 5.82 Å². The number of aliphatic hydroxyl groups is 1. The first kappa shape index (κ1) is 21.7. The van der Waals surface area contributed by atoms with Crippen LogP contribution in [0.2, 0.25) is 0 Å². The normalized spacial score (nSPS) is 15.8. The van der Waals surface area contributed by atoms with Gasteiger partial charge in [-0.1, -0.05) is 13.5 Å². The summed E-state index contributed by atoms with van der Waals surface area (Å²) >= 11 is 0. The van der Waals surface area contributed by atoms with Crippen LogP contribution in [0, 0.1) is 12.7 Å². The van der Waals surface area contributed by atoms with Gasteiger partial charge in [0.15, 0.2) is 11.4 Å². The van der Waals surface area contributed by atoms with Crippen molar-refractivity contribution < 1.29 is 14.3 Å². The van der Waals surface area contributed by atoms with E-state index < -0.39 is 11.4 Å². The van der Waals surface area contributed by atoms with Gasteiger partial charge < -0.3 is 9.67 Å². The molecule has 3 aromatic rings. The maximum absolute atomic E-state index is 14.7. The van der Waals surface area contributed by atoms with Crippen molar-refractivity contribution in [2.75, 3.05) is 0 Å². The number of Topliss-reactive ketones (excluding diaryl/α,β-unsaturated/α-hetero) is 1. The lowest BCUT2D eigenvalue weighted by molar-refractivity contribution is -0.132. The fraction of sp³-hybridized carbons (Fsp3) is 0.370. The zero-order chi connectivity index (χ0) is 23.8. The number of rotatable bonds is 4. The number of ketones is 1. The molecule has 5 rings (SSSR count). The number of pyridine rings is 2. The predicted molar refractivity (Wildman–Crippen MR) is 126 cm³/mol. The second-order valence-electron chi connectivity index (χ2n) is 9.34. The van der Waals surface area contributed by atoms with Crippen LogP contribution in [0.25, 0.3) is 22.3 Å². The van der Waals surface area contributed by atoms with Crippen molar-refractivity contribution in [3.63, 3.8) is 0 Å². The van der Waals surface area contributed by atoms with Crippen LogP contribution >= 0.6 is 0 Å². The quantitative estimate of drug-likeness (QED) is 0.475. The maximum atomic E-state index is 14.7. The summed E-state index contributed by atoms with van der Waals surface area (Å²) in [4.78, 5) is 30.9. The Morgan fingerprint density at radius 3 is 2.58 bits per heavy atom. The molecule has 0 amide bonds. The molecule has 1 aromatic carbocycles. The third kappa shape index (κ3) is 2.76. The average Bonchev–Trinajstić information content (AvgIpc) is 3.15. The summed E-state index contributed by atoms with van der Waals surface area (Å²) in [6.07, 6.45) is 2.94. The molecule has 5 nitrogen and oxygen atoms in total. The van der Waals surface area contributed by atoms with E-state index in [1.165, 1.54) is 13.0 Å². The Morgan fingerprint density at radius 2 is 1.94 bits per heavy atom. The SMILES string of the molecule is C=C(C)[C@@](O)(C(C)=O)c1cc2n(c(=O)c1CC)Cc1c-2nc2cc(F)c(C)c3c2c1CCC3. The Bertz CT molecular complexity index is 1450. The minimum Gasteiger partial charge on any atom is -0.373 e.